The van der Waals surface area contributed by atoms with Gasteiger partial charge in [0.15, 0.2) is 0 Å². The first-order valence-corrected chi connectivity index (χ1v) is 9.47. The Labute approximate surface area is 156 Å². The van der Waals surface area contributed by atoms with Crippen LogP contribution in [0.4, 0.5) is 11.6 Å². The summed E-state index contributed by atoms with van der Waals surface area (Å²) in [4.78, 5) is 8.03. The summed E-state index contributed by atoms with van der Waals surface area (Å²) in [6, 6.07) is 0.460. The standard InChI is InChI=1S/C11H17N5.C9H14O/c12-6-9-10(13)14-7-15-11(9)16-8-4-2-1-3-5-8;1-8-4-2-3-5-9(8)6-7-10/h6-8,12H,1-5H2,(H3,13,14,15,16);2-4,9-10H,5-7H2,1H3. The largest absolute Gasteiger partial charge is 0.396 e. The Bertz CT molecular complexity index is 635. The predicted octanol–water partition coefficient (Wildman–Crippen LogP) is 3.69. The van der Waals surface area contributed by atoms with Crippen molar-refractivity contribution in [1.82, 2.24) is 9.97 Å². The quantitative estimate of drug-likeness (QED) is 0.601. The normalized spacial score (nSPS) is 19.9. The number of nitrogen functional groups attached to an aromatic ring is 1. The first kappa shape index (κ1) is 20.1. The number of aliphatic hydroxyl groups excluding tert-OH is 1. The van der Waals surface area contributed by atoms with Crippen LogP contribution < -0.4 is 11.1 Å². The van der Waals surface area contributed by atoms with Gasteiger partial charge >= 0.3 is 0 Å². The molecule has 1 atom stereocenters. The minimum Gasteiger partial charge on any atom is -0.396 e. The second-order valence-corrected chi connectivity index (χ2v) is 6.93. The number of hydrogen-bond acceptors (Lipinski definition) is 6. The number of rotatable bonds is 5. The maximum Gasteiger partial charge on any atom is 0.140 e. The minimum absolute atomic E-state index is 0.309. The van der Waals surface area contributed by atoms with Gasteiger partial charge in [-0.2, -0.15) is 0 Å². The molecule has 0 saturated heterocycles. The Morgan fingerprint density at radius 2 is 2.08 bits per heavy atom. The maximum atomic E-state index is 8.68. The van der Waals surface area contributed by atoms with Crippen molar-refractivity contribution in [2.75, 3.05) is 17.7 Å². The van der Waals surface area contributed by atoms with E-state index in [9.17, 15) is 0 Å². The predicted molar refractivity (Wildman–Crippen MR) is 108 cm³/mol. The van der Waals surface area contributed by atoms with Crippen LogP contribution in [-0.4, -0.2) is 33.9 Å². The SMILES string of the molecule is CC1=CC=CCC1CCO.N=Cc1c(N)ncnc1NC1CCCCC1. The second-order valence-electron chi connectivity index (χ2n) is 6.93. The van der Waals surface area contributed by atoms with Crippen LogP contribution in [0.5, 0.6) is 0 Å². The molecule has 6 heteroatoms. The van der Waals surface area contributed by atoms with Crippen molar-refractivity contribution < 1.29 is 5.11 Å². The Morgan fingerprint density at radius 1 is 1.31 bits per heavy atom. The lowest BCUT2D eigenvalue weighted by molar-refractivity contribution is 0.267. The summed E-state index contributed by atoms with van der Waals surface area (Å²) < 4.78 is 0. The van der Waals surface area contributed by atoms with Crippen LogP contribution >= 0.6 is 0 Å². The molecule has 1 aromatic heterocycles. The molecule has 1 heterocycles. The van der Waals surface area contributed by atoms with Gasteiger partial charge in [0.25, 0.3) is 0 Å². The fourth-order valence-electron chi connectivity index (χ4n) is 3.39. The minimum atomic E-state index is 0.309. The van der Waals surface area contributed by atoms with Gasteiger partial charge in [-0.1, -0.05) is 43.1 Å². The first-order chi connectivity index (χ1) is 12.7. The zero-order valence-electron chi connectivity index (χ0n) is 15.6. The number of nitrogens with one attached hydrogen (secondary N) is 2. The molecule has 1 fully saturated rings. The van der Waals surface area contributed by atoms with Gasteiger partial charge in [-0.05, 0) is 38.5 Å². The molecule has 1 unspecified atom stereocenters. The van der Waals surface area contributed by atoms with Gasteiger partial charge in [-0.3, -0.25) is 0 Å². The van der Waals surface area contributed by atoms with E-state index in [1.165, 1.54) is 50.2 Å². The molecule has 6 nitrogen and oxygen atoms in total. The molecule has 1 aromatic rings. The summed E-state index contributed by atoms with van der Waals surface area (Å²) in [7, 11) is 0. The Hall–Kier alpha value is -2.21. The van der Waals surface area contributed by atoms with Crippen LogP contribution in [-0.2, 0) is 0 Å². The van der Waals surface area contributed by atoms with E-state index in [0.29, 0.717) is 35.8 Å². The van der Waals surface area contributed by atoms with E-state index in [-0.39, 0.29) is 0 Å². The van der Waals surface area contributed by atoms with E-state index < -0.39 is 0 Å². The van der Waals surface area contributed by atoms with Crippen LogP contribution in [0.3, 0.4) is 0 Å². The number of anilines is 2. The highest BCUT2D eigenvalue weighted by Gasteiger charge is 2.15. The summed E-state index contributed by atoms with van der Waals surface area (Å²) in [5.41, 5.74) is 7.69. The molecule has 2 aliphatic carbocycles. The summed E-state index contributed by atoms with van der Waals surface area (Å²) in [5.74, 6) is 1.65. The number of aliphatic hydroxyl groups is 1. The molecule has 26 heavy (non-hydrogen) atoms. The van der Waals surface area contributed by atoms with Crippen molar-refractivity contribution in [3.05, 3.63) is 35.7 Å². The maximum absolute atomic E-state index is 8.68. The summed E-state index contributed by atoms with van der Waals surface area (Å²) in [6.07, 6.45) is 17.2. The van der Waals surface area contributed by atoms with Crippen molar-refractivity contribution in [3.63, 3.8) is 0 Å². The Kier molecular flexibility index (Phi) is 8.28. The zero-order chi connectivity index (χ0) is 18.8. The van der Waals surface area contributed by atoms with Gasteiger partial charge in [0.1, 0.15) is 18.0 Å². The molecule has 0 spiro atoms. The summed E-state index contributed by atoms with van der Waals surface area (Å²) in [6.45, 7) is 2.44. The third-order valence-corrected chi connectivity index (χ3v) is 5.04. The topological polar surface area (TPSA) is 108 Å². The van der Waals surface area contributed by atoms with Gasteiger partial charge in [-0.15, -0.1) is 0 Å². The third-order valence-electron chi connectivity index (χ3n) is 5.04. The van der Waals surface area contributed by atoms with E-state index >= 15 is 0 Å². The van der Waals surface area contributed by atoms with Crippen molar-refractivity contribution in [1.29, 1.82) is 5.41 Å². The van der Waals surface area contributed by atoms with Gasteiger partial charge < -0.3 is 21.6 Å². The molecule has 1 saturated carbocycles. The highest BCUT2D eigenvalue weighted by molar-refractivity contribution is 5.89. The van der Waals surface area contributed by atoms with Crippen molar-refractivity contribution in [2.45, 2.75) is 57.9 Å². The molecule has 3 rings (SSSR count). The third kappa shape index (κ3) is 5.95. The molecule has 0 amide bonds. The van der Waals surface area contributed by atoms with Crippen molar-refractivity contribution in [3.8, 4) is 0 Å². The molecule has 2 aliphatic rings. The van der Waals surface area contributed by atoms with E-state index in [1.54, 1.807) is 0 Å². The number of nitrogens with zero attached hydrogens (tertiary/aromatic N) is 2. The number of nitrogens with two attached hydrogens (primary N) is 1. The highest BCUT2D eigenvalue weighted by Crippen LogP contribution is 2.23. The molecule has 0 bridgehead atoms. The Morgan fingerprint density at radius 3 is 2.73 bits per heavy atom. The molecule has 0 radical (unpaired) electrons. The lowest BCUT2D eigenvalue weighted by Crippen LogP contribution is -2.24. The average Bonchev–Trinajstić information content (AvgIpc) is 2.65. The van der Waals surface area contributed by atoms with Gasteiger partial charge in [0, 0.05) is 18.9 Å². The zero-order valence-corrected chi connectivity index (χ0v) is 15.6. The number of aromatic nitrogens is 2. The molecule has 0 aliphatic heterocycles. The highest BCUT2D eigenvalue weighted by atomic mass is 16.3. The lowest BCUT2D eigenvalue weighted by atomic mass is 9.90. The van der Waals surface area contributed by atoms with Crippen LogP contribution in [0.2, 0.25) is 0 Å². The van der Waals surface area contributed by atoms with Crippen LogP contribution in [0.1, 0.15) is 57.4 Å². The molecule has 142 valence electrons. The van der Waals surface area contributed by atoms with E-state index in [1.807, 2.05) is 0 Å². The van der Waals surface area contributed by atoms with Crippen LogP contribution in [0.15, 0.2) is 30.1 Å². The van der Waals surface area contributed by atoms with E-state index in [4.69, 9.17) is 16.2 Å². The number of allylic oxidation sites excluding steroid dienone is 4. The lowest BCUT2D eigenvalue weighted by Gasteiger charge is -2.24. The summed E-state index contributed by atoms with van der Waals surface area (Å²) in [5, 5.41) is 19.4. The van der Waals surface area contributed by atoms with Crippen molar-refractivity contribution in [2.24, 2.45) is 5.92 Å². The first-order valence-electron chi connectivity index (χ1n) is 9.47. The molecular weight excluding hydrogens is 326 g/mol. The molecular formula is C20H31N5O. The van der Waals surface area contributed by atoms with Crippen molar-refractivity contribution >= 4 is 17.9 Å². The van der Waals surface area contributed by atoms with Crippen LogP contribution in [0.25, 0.3) is 0 Å². The molecule has 5 N–H and O–H groups in total. The van der Waals surface area contributed by atoms with Crippen LogP contribution in [0, 0.1) is 11.3 Å². The van der Waals surface area contributed by atoms with E-state index in [0.717, 1.165) is 12.8 Å². The fourth-order valence-corrected chi connectivity index (χ4v) is 3.39. The van der Waals surface area contributed by atoms with Gasteiger partial charge in [0.05, 0.1) is 5.56 Å². The Balaban J connectivity index is 0.000000209. The molecule has 0 aromatic carbocycles. The van der Waals surface area contributed by atoms with Gasteiger partial charge in [0.2, 0.25) is 0 Å². The average molecular weight is 358 g/mol. The summed E-state index contributed by atoms with van der Waals surface area (Å²) >= 11 is 0. The van der Waals surface area contributed by atoms with Gasteiger partial charge in [-0.25, -0.2) is 9.97 Å². The second kappa shape index (κ2) is 10.7. The fraction of sp³-hybridized carbons (Fsp3) is 0.550. The smallest absolute Gasteiger partial charge is 0.140 e. The monoisotopic (exact) mass is 357 g/mol. The van der Waals surface area contributed by atoms with E-state index in [2.05, 4.69) is 40.4 Å². The number of hydrogen-bond donors (Lipinski definition) is 4.